The minimum Gasteiger partial charge on any atom is -0.350 e. The van der Waals surface area contributed by atoms with E-state index in [9.17, 15) is 18.8 Å². The molecule has 3 amide bonds. The van der Waals surface area contributed by atoms with Crippen molar-refractivity contribution in [1.82, 2.24) is 0 Å². The first-order valence-electron chi connectivity index (χ1n) is 9.53. The molecule has 6 nitrogen and oxygen atoms in total. The van der Waals surface area contributed by atoms with Gasteiger partial charge in [-0.1, -0.05) is 42.5 Å². The third-order valence-corrected chi connectivity index (χ3v) is 4.71. The summed E-state index contributed by atoms with van der Waals surface area (Å²) in [5.74, 6) is -2.19. The normalized spacial score (nSPS) is 13.5. The van der Waals surface area contributed by atoms with E-state index in [1.807, 2.05) is 6.07 Å². The Labute approximate surface area is 178 Å². The van der Waals surface area contributed by atoms with Crippen molar-refractivity contribution in [3.63, 3.8) is 0 Å². The predicted molar refractivity (Wildman–Crippen MR) is 117 cm³/mol. The van der Waals surface area contributed by atoms with E-state index in [2.05, 4.69) is 10.6 Å². The van der Waals surface area contributed by atoms with Crippen LogP contribution in [0.1, 0.15) is 12.5 Å². The lowest BCUT2D eigenvalue weighted by Crippen LogP contribution is -2.33. The summed E-state index contributed by atoms with van der Waals surface area (Å²) in [4.78, 5) is 38.6. The van der Waals surface area contributed by atoms with Crippen LogP contribution in [0, 0.1) is 5.82 Å². The van der Waals surface area contributed by atoms with Crippen LogP contribution in [0.2, 0.25) is 0 Å². The minimum atomic E-state index is -0.675. The quantitative estimate of drug-likeness (QED) is 0.613. The van der Waals surface area contributed by atoms with Crippen LogP contribution >= 0.6 is 0 Å². The molecule has 1 heterocycles. The maximum Gasteiger partial charge on any atom is 0.282 e. The summed E-state index contributed by atoms with van der Waals surface area (Å²) >= 11 is 0. The maximum atomic E-state index is 14.4. The smallest absolute Gasteiger partial charge is 0.282 e. The number of imide groups is 1. The fraction of sp³-hybridized carbons (Fsp3) is 0.0417. The third-order valence-electron chi connectivity index (χ3n) is 4.71. The SMILES string of the molecule is CC(=O)Nc1ccc(C2=C(Nc3ccccc3)C(=O)N(c3ccccc3F)C2=O)cc1. The minimum absolute atomic E-state index is 0.0479. The number of benzene rings is 3. The number of carbonyl (C=O) groups excluding carboxylic acids is 3. The summed E-state index contributed by atoms with van der Waals surface area (Å²) < 4.78 is 14.4. The summed E-state index contributed by atoms with van der Waals surface area (Å²) in [6.07, 6.45) is 0. The molecule has 2 N–H and O–H groups in total. The fourth-order valence-electron chi connectivity index (χ4n) is 3.35. The molecule has 154 valence electrons. The molecule has 1 aliphatic heterocycles. The zero-order chi connectivity index (χ0) is 22.0. The molecule has 0 fully saturated rings. The maximum absolute atomic E-state index is 14.4. The van der Waals surface area contributed by atoms with E-state index in [0.717, 1.165) is 4.90 Å². The average Bonchev–Trinajstić information content (AvgIpc) is 2.99. The Hall–Kier alpha value is -4.26. The van der Waals surface area contributed by atoms with Gasteiger partial charge in [-0.15, -0.1) is 0 Å². The molecule has 31 heavy (non-hydrogen) atoms. The second-order valence-corrected chi connectivity index (χ2v) is 6.90. The molecule has 7 heteroatoms. The van der Waals surface area contributed by atoms with Gasteiger partial charge in [0, 0.05) is 18.3 Å². The van der Waals surface area contributed by atoms with Crippen molar-refractivity contribution in [3.05, 3.63) is 95.9 Å². The van der Waals surface area contributed by atoms with E-state index in [-0.39, 0.29) is 22.9 Å². The molecule has 0 unspecified atom stereocenters. The van der Waals surface area contributed by atoms with Crippen molar-refractivity contribution in [2.24, 2.45) is 0 Å². The standard InChI is InChI=1S/C24H18FN3O3/c1-15(29)26-18-13-11-16(12-14-18)21-22(27-17-7-3-2-4-8-17)24(31)28(23(21)30)20-10-6-5-9-19(20)25/h2-14,27H,1H3,(H,26,29). The molecule has 0 atom stereocenters. The van der Waals surface area contributed by atoms with Crippen LogP contribution in [0.15, 0.2) is 84.6 Å². The van der Waals surface area contributed by atoms with Crippen molar-refractivity contribution in [3.8, 4) is 0 Å². The van der Waals surface area contributed by atoms with Gasteiger partial charge in [0.2, 0.25) is 5.91 Å². The van der Waals surface area contributed by atoms with Crippen molar-refractivity contribution in [2.75, 3.05) is 15.5 Å². The molecule has 0 saturated carbocycles. The Kier molecular flexibility index (Phi) is 5.32. The monoisotopic (exact) mass is 415 g/mol. The number of halogens is 1. The first kappa shape index (κ1) is 20.0. The van der Waals surface area contributed by atoms with Gasteiger partial charge in [0.15, 0.2) is 0 Å². The van der Waals surface area contributed by atoms with Crippen LogP contribution in [0.3, 0.4) is 0 Å². The Morgan fingerprint density at radius 3 is 2.10 bits per heavy atom. The topological polar surface area (TPSA) is 78.5 Å². The van der Waals surface area contributed by atoms with Crippen LogP contribution in [0.25, 0.3) is 5.57 Å². The predicted octanol–water partition coefficient (Wildman–Crippen LogP) is 4.18. The van der Waals surface area contributed by atoms with Crippen molar-refractivity contribution in [1.29, 1.82) is 0 Å². The number of hydrogen-bond donors (Lipinski definition) is 2. The van der Waals surface area contributed by atoms with Crippen LogP contribution in [0.5, 0.6) is 0 Å². The lowest BCUT2D eigenvalue weighted by atomic mass is 10.0. The first-order chi connectivity index (χ1) is 15.0. The van der Waals surface area contributed by atoms with Gasteiger partial charge in [-0.2, -0.15) is 0 Å². The van der Waals surface area contributed by atoms with Crippen molar-refractivity contribution >= 4 is 40.4 Å². The highest BCUT2D eigenvalue weighted by molar-refractivity contribution is 6.46. The third kappa shape index (κ3) is 3.93. The largest absolute Gasteiger partial charge is 0.350 e. The zero-order valence-corrected chi connectivity index (χ0v) is 16.6. The van der Waals surface area contributed by atoms with Crippen LogP contribution in [-0.2, 0) is 14.4 Å². The van der Waals surface area contributed by atoms with E-state index >= 15 is 0 Å². The highest BCUT2D eigenvalue weighted by atomic mass is 19.1. The number of rotatable bonds is 5. The molecule has 0 radical (unpaired) electrons. The number of carbonyl (C=O) groups is 3. The molecule has 4 rings (SSSR count). The fourth-order valence-corrected chi connectivity index (χ4v) is 3.35. The average molecular weight is 415 g/mol. The molecule has 3 aromatic carbocycles. The second-order valence-electron chi connectivity index (χ2n) is 6.90. The van der Waals surface area contributed by atoms with Gasteiger partial charge >= 0.3 is 0 Å². The molecule has 0 aromatic heterocycles. The van der Waals surface area contributed by atoms with Crippen LogP contribution in [-0.4, -0.2) is 17.7 Å². The van der Waals surface area contributed by atoms with E-state index in [1.165, 1.54) is 25.1 Å². The Morgan fingerprint density at radius 2 is 1.45 bits per heavy atom. The van der Waals surface area contributed by atoms with Crippen LogP contribution < -0.4 is 15.5 Å². The number of nitrogens with zero attached hydrogens (tertiary/aromatic N) is 1. The summed E-state index contributed by atoms with van der Waals surface area (Å²) in [6.45, 7) is 1.39. The molecule has 0 saturated heterocycles. The number of amides is 3. The second kappa shape index (κ2) is 8.23. The highest BCUT2D eigenvalue weighted by Crippen LogP contribution is 2.35. The first-order valence-corrected chi connectivity index (χ1v) is 9.53. The zero-order valence-electron chi connectivity index (χ0n) is 16.6. The molecule has 0 spiro atoms. The van der Waals surface area contributed by atoms with Gasteiger partial charge in [0.1, 0.15) is 11.5 Å². The summed E-state index contributed by atoms with van der Waals surface area (Å²) in [5, 5.41) is 5.66. The summed E-state index contributed by atoms with van der Waals surface area (Å²) in [7, 11) is 0. The highest BCUT2D eigenvalue weighted by Gasteiger charge is 2.41. The number of anilines is 3. The molecule has 0 aliphatic carbocycles. The van der Waals surface area contributed by atoms with E-state index < -0.39 is 17.6 Å². The van der Waals surface area contributed by atoms with E-state index in [0.29, 0.717) is 16.9 Å². The van der Waals surface area contributed by atoms with Gasteiger partial charge in [-0.05, 0) is 42.0 Å². The number of hydrogen-bond acceptors (Lipinski definition) is 4. The molecule has 1 aliphatic rings. The Balaban J connectivity index is 1.80. The Morgan fingerprint density at radius 1 is 0.806 bits per heavy atom. The van der Waals surface area contributed by atoms with E-state index in [4.69, 9.17) is 0 Å². The molecular formula is C24H18FN3O3. The van der Waals surface area contributed by atoms with Gasteiger partial charge in [-0.25, -0.2) is 9.29 Å². The number of nitrogens with one attached hydrogen (secondary N) is 2. The lowest BCUT2D eigenvalue weighted by molar-refractivity contribution is -0.120. The molecule has 0 bridgehead atoms. The summed E-state index contributed by atoms with van der Waals surface area (Å²) in [5.41, 5.74) is 1.68. The van der Waals surface area contributed by atoms with Gasteiger partial charge < -0.3 is 10.6 Å². The van der Waals surface area contributed by atoms with Crippen LogP contribution in [0.4, 0.5) is 21.5 Å². The van der Waals surface area contributed by atoms with Gasteiger partial charge in [-0.3, -0.25) is 14.4 Å². The van der Waals surface area contributed by atoms with Gasteiger partial charge in [0.25, 0.3) is 11.8 Å². The molecular weight excluding hydrogens is 397 g/mol. The van der Waals surface area contributed by atoms with Crippen molar-refractivity contribution in [2.45, 2.75) is 6.92 Å². The number of para-hydroxylation sites is 2. The van der Waals surface area contributed by atoms with E-state index in [1.54, 1.807) is 54.6 Å². The summed E-state index contributed by atoms with van der Waals surface area (Å²) in [6, 6.07) is 21.1. The van der Waals surface area contributed by atoms with Gasteiger partial charge in [0.05, 0.1) is 11.3 Å². The van der Waals surface area contributed by atoms with Crippen molar-refractivity contribution < 1.29 is 18.8 Å². The molecule has 3 aromatic rings. The Bertz CT molecular complexity index is 1200. The lowest BCUT2D eigenvalue weighted by Gasteiger charge is -2.16.